The summed E-state index contributed by atoms with van der Waals surface area (Å²) in [7, 11) is 0. The molecule has 0 unspecified atom stereocenters. The number of nitrogens with zero attached hydrogens (tertiary/aromatic N) is 5. The monoisotopic (exact) mass is 323 g/mol. The average Bonchev–Trinajstić information content (AvgIpc) is 3.24. The van der Waals surface area contributed by atoms with E-state index in [-0.39, 0.29) is 0 Å². The predicted molar refractivity (Wildman–Crippen MR) is 85.9 cm³/mol. The first-order valence-electron chi connectivity index (χ1n) is 6.56. The number of rotatable bonds is 3. The molecule has 0 N–H and O–H groups in total. The minimum absolute atomic E-state index is 0.467. The fourth-order valence-corrected chi connectivity index (χ4v) is 3.95. The maximum absolute atomic E-state index is 9.47. The zero-order valence-electron chi connectivity index (χ0n) is 11.3. The molecule has 4 heterocycles. The lowest BCUT2D eigenvalue weighted by atomic mass is 10.2. The molecule has 4 rings (SSSR count). The molecule has 0 radical (unpaired) electrons. The summed E-state index contributed by atoms with van der Waals surface area (Å²) in [5, 5.41) is 17.0. The number of aromatic nitrogens is 4. The minimum Gasteiger partial charge on any atom is -0.265 e. The van der Waals surface area contributed by atoms with Crippen molar-refractivity contribution < 1.29 is 0 Å². The van der Waals surface area contributed by atoms with Crippen LogP contribution in [0.4, 0.5) is 0 Å². The van der Waals surface area contributed by atoms with Crippen molar-refractivity contribution >= 4 is 27.6 Å². The highest BCUT2D eigenvalue weighted by Crippen LogP contribution is 2.27. The van der Waals surface area contributed by atoms with Gasteiger partial charge in [-0.05, 0) is 23.6 Å². The lowest BCUT2D eigenvalue weighted by Gasteiger charge is -1.96. The van der Waals surface area contributed by atoms with Crippen LogP contribution in [0.5, 0.6) is 0 Å². The van der Waals surface area contributed by atoms with Crippen LogP contribution in [0.15, 0.2) is 42.0 Å². The van der Waals surface area contributed by atoms with E-state index in [1.54, 1.807) is 28.2 Å². The third-order valence-corrected chi connectivity index (χ3v) is 5.00. The molecule has 0 bridgehead atoms. The second-order valence-electron chi connectivity index (χ2n) is 4.60. The number of thiophene rings is 1. The van der Waals surface area contributed by atoms with Gasteiger partial charge in [-0.2, -0.15) is 14.9 Å². The van der Waals surface area contributed by atoms with Gasteiger partial charge in [0.15, 0.2) is 5.69 Å². The van der Waals surface area contributed by atoms with Gasteiger partial charge >= 0.3 is 0 Å². The molecule has 0 amide bonds. The number of fused-ring (bicyclic) bond motifs is 1. The Labute approximate surface area is 134 Å². The average molecular weight is 323 g/mol. The van der Waals surface area contributed by atoms with Gasteiger partial charge in [-0.1, -0.05) is 17.4 Å². The van der Waals surface area contributed by atoms with Crippen molar-refractivity contribution in [2.75, 3.05) is 0 Å². The molecule has 0 spiro atoms. The second-order valence-corrected chi connectivity index (χ2v) is 6.68. The van der Waals surface area contributed by atoms with Crippen molar-refractivity contribution in [3.8, 4) is 17.3 Å². The van der Waals surface area contributed by atoms with Gasteiger partial charge in [0.25, 0.3) is 0 Å². The van der Waals surface area contributed by atoms with Crippen LogP contribution in [0.2, 0.25) is 0 Å². The van der Waals surface area contributed by atoms with E-state index in [1.165, 1.54) is 16.2 Å². The van der Waals surface area contributed by atoms with Crippen molar-refractivity contribution in [3.63, 3.8) is 0 Å². The molecule has 0 aliphatic rings. The summed E-state index contributed by atoms with van der Waals surface area (Å²) in [6.45, 7) is 0. The lowest BCUT2D eigenvalue weighted by Crippen LogP contribution is -1.93. The first-order chi connectivity index (χ1) is 10.8. The van der Waals surface area contributed by atoms with Crippen LogP contribution in [0.25, 0.3) is 16.2 Å². The van der Waals surface area contributed by atoms with Gasteiger partial charge in [-0.15, -0.1) is 11.3 Å². The Hall–Kier alpha value is -2.56. The van der Waals surface area contributed by atoms with Crippen LogP contribution in [-0.2, 0) is 6.42 Å². The number of imidazole rings is 1. The molecule has 0 saturated heterocycles. The van der Waals surface area contributed by atoms with Crippen molar-refractivity contribution in [1.29, 1.82) is 5.26 Å². The fraction of sp³-hybridized carbons (Fsp3) is 0.0667. The fourth-order valence-electron chi connectivity index (χ4n) is 2.23. The van der Waals surface area contributed by atoms with Crippen LogP contribution in [0, 0.1) is 11.3 Å². The third-order valence-electron chi connectivity index (χ3n) is 3.21. The first-order valence-corrected chi connectivity index (χ1v) is 8.26. The van der Waals surface area contributed by atoms with Crippen LogP contribution in [0.1, 0.15) is 15.6 Å². The standard InChI is InChI=1S/C15H9N5S2/c16-9-12-14(10-3-5-17-6-4-10)18-15-20(12)19-13(22-15)8-11-2-1-7-21-11/h1-7H,8H2. The number of nitriles is 1. The maximum Gasteiger partial charge on any atom is 0.214 e. The first kappa shape index (κ1) is 13.1. The molecule has 4 aromatic heterocycles. The van der Waals surface area contributed by atoms with Crippen molar-refractivity contribution in [2.24, 2.45) is 0 Å². The Bertz CT molecular complexity index is 961. The molecule has 0 aromatic carbocycles. The van der Waals surface area contributed by atoms with E-state index in [1.807, 2.05) is 18.2 Å². The topological polar surface area (TPSA) is 66.9 Å². The van der Waals surface area contributed by atoms with E-state index < -0.39 is 0 Å². The molecule has 4 aromatic rings. The molecule has 0 saturated carbocycles. The van der Waals surface area contributed by atoms with Crippen LogP contribution in [0.3, 0.4) is 0 Å². The van der Waals surface area contributed by atoms with E-state index in [0.29, 0.717) is 11.4 Å². The molecule has 0 aliphatic carbocycles. The minimum atomic E-state index is 0.467. The zero-order chi connectivity index (χ0) is 14.9. The van der Waals surface area contributed by atoms with Crippen LogP contribution < -0.4 is 0 Å². The molecule has 0 aliphatic heterocycles. The van der Waals surface area contributed by atoms with Gasteiger partial charge in [0.05, 0.1) is 0 Å². The van der Waals surface area contributed by atoms with E-state index in [4.69, 9.17) is 0 Å². The summed E-state index contributed by atoms with van der Waals surface area (Å²) < 4.78 is 1.64. The zero-order valence-corrected chi connectivity index (χ0v) is 12.9. The van der Waals surface area contributed by atoms with Crippen LogP contribution >= 0.6 is 22.7 Å². The largest absolute Gasteiger partial charge is 0.265 e. The Morgan fingerprint density at radius 3 is 2.82 bits per heavy atom. The predicted octanol–water partition coefficient (Wildman–Crippen LogP) is 3.38. The van der Waals surface area contributed by atoms with Crippen molar-refractivity contribution in [3.05, 3.63) is 57.6 Å². The van der Waals surface area contributed by atoms with Crippen molar-refractivity contribution in [1.82, 2.24) is 19.6 Å². The highest BCUT2D eigenvalue weighted by Gasteiger charge is 2.17. The second kappa shape index (κ2) is 5.33. The van der Waals surface area contributed by atoms with E-state index in [2.05, 4.69) is 32.6 Å². The normalized spacial score (nSPS) is 10.9. The molecule has 7 heteroatoms. The number of hydrogen-bond acceptors (Lipinski definition) is 6. The molecular weight excluding hydrogens is 314 g/mol. The summed E-state index contributed by atoms with van der Waals surface area (Å²) in [5.74, 6) is 0. The highest BCUT2D eigenvalue weighted by molar-refractivity contribution is 7.17. The number of pyridine rings is 1. The van der Waals surface area contributed by atoms with Gasteiger partial charge < -0.3 is 0 Å². The molecule has 0 fully saturated rings. The van der Waals surface area contributed by atoms with E-state index in [9.17, 15) is 5.26 Å². The highest BCUT2D eigenvalue weighted by atomic mass is 32.1. The summed E-state index contributed by atoms with van der Waals surface area (Å²) >= 11 is 3.23. The molecule has 106 valence electrons. The van der Waals surface area contributed by atoms with Gasteiger partial charge in [0, 0.05) is 29.3 Å². The van der Waals surface area contributed by atoms with Gasteiger partial charge in [0.2, 0.25) is 4.96 Å². The van der Waals surface area contributed by atoms with Crippen LogP contribution in [-0.4, -0.2) is 19.6 Å². The Kier molecular flexibility index (Phi) is 3.18. The summed E-state index contributed by atoms with van der Waals surface area (Å²) in [4.78, 5) is 10.6. The SMILES string of the molecule is N#Cc1c(-c2ccncc2)nc2sc(Cc3cccs3)nn12. The van der Waals surface area contributed by atoms with Gasteiger partial charge in [0.1, 0.15) is 16.8 Å². The molecular formula is C15H9N5S2. The maximum atomic E-state index is 9.47. The van der Waals surface area contributed by atoms with Gasteiger partial charge in [-0.25, -0.2) is 4.98 Å². The summed E-state index contributed by atoms with van der Waals surface area (Å²) in [6.07, 6.45) is 4.17. The Balaban J connectivity index is 1.79. The van der Waals surface area contributed by atoms with E-state index >= 15 is 0 Å². The lowest BCUT2D eigenvalue weighted by molar-refractivity contribution is 0.912. The van der Waals surface area contributed by atoms with Crippen molar-refractivity contribution in [2.45, 2.75) is 6.42 Å². The van der Waals surface area contributed by atoms with Gasteiger partial charge in [-0.3, -0.25) is 4.98 Å². The number of hydrogen-bond donors (Lipinski definition) is 0. The molecule has 22 heavy (non-hydrogen) atoms. The smallest absolute Gasteiger partial charge is 0.214 e. The summed E-state index contributed by atoms with van der Waals surface area (Å²) in [5.41, 5.74) is 2.00. The molecule has 0 atom stereocenters. The summed E-state index contributed by atoms with van der Waals surface area (Å²) in [6, 6.07) is 10.0. The Morgan fingerprint density at radius 1 is 1.23 bits per heavy atom. The quantitative estimate of drug-likeness (QED) is 0.580. The molecule has 5 nitrogen and oxygen atoms in total. The third kappa shape index (κ3) is 2.19. The van der Waals surface area contributed by atoms with E-state index in [0.717, 1.165) is 22.0 Å². The Morgan fingerprint density at radius 2 is 2.09 bits per heavy atom.